The van der Waals surface area contributed by atoms with Gasteiger partial charge in [-0.25, -0.2) is 0 Å². The van der Waals surface area contributed by atoms with Crippen molar-refractivity contribution in [3.8, 4) is 11.5 Å². The zero-order chi connectivity index (χ0) is 22.5. The number of thioether (sulfide) groups is 2. The van der Waals surface area contributed by atoms with Crippen molar-refractivity contribution in [1.82, 2.24) is 15.1 Å². The smallest absolute Gasteiger partial charge is 0.293 e. The van der Waals surface area contributed by atoms with E-state index in [1.807, 2.05) is 6.92 Å². The third-order valence-electron chi connectivity index (χ3n) is 5.95. The molecule has 32 heavy (non-hydrogen) atoms. The Morgan fingerprint density at radius 2 is 2.09 bits per heavy atom. The van der Waals surface area contributed by atoms with Gasteiger partial charge in [-0.2, -0.15) is 0 Å². The summed E-state index contributed by atoms with van der Waals surface area (Å²) >= 11 is 2.49. The molecular weight excluding hydrogens is 454 g/mol. The van der Waals surface area contributed by atoms with Gasteiger partial charge in [0.2, 0.25) is 18.6 Å². The summed E-state index contributed by atoms with van der Waals surface area (Å²) in [6.45, 7) is 2.35. The van der Waals surface area contributed by atoms with Gasteiger partial charge in [-0.05, 0) is 48.9 Å². The van der Waals surface area contributed by atoms with Crippen molar-refractivity contribution in [2.75, 3.05) is 25.6 Å². The van der Waals surface area contributed by atoms with E-state index in [9.17, 15) is 19.2 Å². The molecule has 0 unspecified atom stereocenters. The number of hydrogen-bond donors (Lipinski definition) is 1. The van der Waals surface area contributed by atoms with Crippen LogP contribution in [0.15, 0.2) is 23.1 Å². The van der Waals surface area contributed by atoms with Gasteiger partial charge in [-0.1, -0.05) is 6.07 Å². The van der Waals surface area contributed by atoms with Gasteiger partial charge in [0.1, 0.15) is 6.04 Å². The molecule has 3 fully saturated rings. The van der Waals surface area contributed by atoms with Gasteiger partial charge in [-0.15, -0.1) is 11.8 Å². The Labute approximate surface area is 192 Å². The Kier molecular flexibility index (Phi) is 5.32. The van der Waals surface area contributed by atoms with Crippen LogP contribution in [-0.4, -0.2) is 69.3 Å². The molecule has 0 aromatic heterocycles. The molecule has 4 amide bonds. The third kappa shape index (κ3) is 3.62. The maximum absolute atomic E-state index is 12.7. The second-order valence-electron chi connectivity index (χ2n) is 8.00. The molecule has 0 radical (unpaired) electrons. The topological polar surface area (TPSA) is 105 Å². The minimum Gasteiger partial charge on any atom is -0.454 e. The molecule has 1 aromatic carbocycles. The number of ether oxygens (including phenoxy) is 2. The van der Waals surface area contributed by atoms with Crippen molar-refractivity contribution in [3.05, 3.63) is 28.7 Å². The van der Waals surface area contributed by atoms with Crippen LogP contribution in [0.4, 0.5) is 4.79 Å². The highest BCUT2D eigenvalue weighted by Gasteiger charge is 2.52. The minimum atomic E-state index is -0.513. The number of hydrogen-bond acceptors (Lipinski definition) is 8. The van der Waals surface area contributed by atoms with Gasteiger partial charge in [0.05, 0.1) is 9.78 Å². The van der Waals surface area contributed by atoms with E-state index < -0.39 is 11.9 Å². The van der Waals surface area contributed by atoms with Crippen LogP contribution < -0.4 is 14.8 Å². The monoisotopic (exact) mass is 475 g/mol. The molecule has 4 heterocycles. The van der Waals surface area contributed by atoms with Crippen LogP contribution in [0, 0.1) is 0 Å². The van der Waals surface area contributed by atoms with E-state index in [1.165, 1.54) is 0 Å². The Hall–Kier alpha value is -2.66. The number of benzene rings is 1. The number of imide groups is 1. The molecule has 11 heteroatoms. The maximum atomic E-state index is 12.7. The van der Waals surface area contributed by atoms with Crippen LogP contribution in [0.3, 0.4) is 0 Å². The van der Waals surface area contributed by atoms with Crippen molar-refractivity contribution < 1.29 is 28.7 Å². The van der Waals surface area contributed by atoms with Crippen molar-refractivity contribution in [3.63, 3.8) is 0 Å². The van der Waals surface area contributed by atoms with Crippen LogP contribution >= 0.6 is 23.5 Å². The van der Waals surface area contributed by atoms with E-state index in [0.717, 1.165) is 28.6 Å². The molecule has 0 spiro atoms. The van der Waals surface area contributed by atoms with E-state index in [0.29, 0.717) is 28.6 Å². The lowest BCUT2D eigenvalue weighted by Crippen LogP contribution is -2.51. The summed E-state index contributed by atoms with van der Waals surface area (Å²) in [5.74, 6) is 1.14. The Balaban J connectivity index is 1.18. The van der Waals surface area contributed by atoms with E-state index >= 15 is 0 Å². The molecule has 1 N–H and O–H groups in total. The van der Waals surface area contributed by atoms with E-state index in [-0.39, 0.29) is 41.8 Å². The number of carbonyl (C=O) groups is 4. The standard InChI is InChI=1S/C21H21N3O6S2/c1-21-5-4-17(25)24(21)13(10-31-21)18(26)22-6-7-23-19(27)16(32-20(23)28)9-12-2-3-14-15(8-12)30-11-29-14/h2-3,8-9,13H,4-7,10-11H2,1H3,(H,22,26)/b16-9-/t13-,21-/m1/s1. The second-order valence-corrected chi connectivity index (χ2v) is 10.5. The van der Waals surface area contributed by atoms with Crippen molar-refractivity contribution in [2.45, 2.75) is 30.7 Å². The average Bonchev–Trinajstić information content (AvgIpc) is 3.49. The lowest BCUT2D eigenvalue weighted by Gasteiger charge is -2.29. The summed E-state index contributed by atoms with van der Waals surface area (Å²) in [6, 6.07) is 4.78. The summed E-state index contributed by atoms with van der Waals surface area (Å²) in [4.78, 5) is 52.7. The number of amides is 4. The van der Waals surface area contributed by atoms with Crippen LogP contribution in [-0.2, 0) is 14.4 Å². The Bertz CT molecular complexity index is 1060. The molecule has 2 atom stereocenters. The summed E-state index contributed by atoms with van der Waals surface area (Å²) in [7, 11) is 0. The summed E-state index contributed by atoms with van der Waals surface area (Å²) in [5, 5.41) is 2.40. The van der Waals surface area contributed by atoms with Gasteiger partial charge >= 0.3 is 0 Å². The zero-order valence-corrected chi connectivity index (χ0v) is 18.9. The van der Waals surface area contributed by atoms with Gasteiger partial charge in [-0.3, -0.25) is 24.1 Å². The van der Waals surface area contributed by atoms with Crippen molar-refractivity contribution in [1.29, 1.82) is 0 Å². The number of rotatable bonds is 5. The molecule has 4 aliphatic heterocycles. The molecule has 5 rings (SSSR count). The van der Waals surface area contributed by atoms with Gasteiger partial charge in [0.25, 0.3) is 11.1 Å². The predicted molar refractivity (Wildman–Crippen MR) is 119 cm³/mol. The largest absolute Gasteiger partial charge is 0.454 e. The Morgan fingerprint density at radius 1 is 1.28 bits per heavy atom. The van der Waals surface area contributed by atoms with Gasteiger partial charge in [0, 0.05) is 25.3 Å². The molecule has 0 saturated carbocycles. The molecule has 4 aliphatic rings. The van der Waals surface area contributed by atoms with E-state index in [4.69, 9.17) is 9.47 Å². The highest BCUT2D eigenvalue weighted by molar-refractivity contribution is 8.18. The predicted octanol–water partition coefficient (Wildman–Crippen LogP) is 2.02. The maximum Gasteiger partial charge on any atom is 0.293 e. The summed E-state index contributed by atoms with van der Waals surface area (Å²) in [6.07, 6.45) is 2.84. The lowest BCUT2D eigenvalue weighted by atomic mass is 10.2. The lowest BCUT2D eigenvalue weighted by molar-refractivity contribution is -0.137. The fraction of sp³-hybridized carbons (Fsp3) is 0.429. The average molecular weight is 476 g/mol. The minimum absolute atomic E-state index is 0.00255. The van der Waals surface area contributed by atoms with Gasteiger partial charge in [0.15, 0.2) is 11.5 Å². The molecule has 3 saturated heterocycles. The van der Waals surface area contributed by atoms with Crippen molar-refractivity contribution >= 4 is 52.6 Å². The third-order valence-corrected chi connectivity index (χ3v) is 8.36. The second kappa shape index (κ2) is 8.04. The van der Waals surface area contributed by atoms with Crippen LogP contribution in [0.2, 0.25) is 0 Å². The SMILES string of the molecule is C[C@@]12CCC(=O)N1[C@@H](C(=O)NCCN1C(=O)S/C(=C\c3ccc4c(c3)OCO4)C1=O)CS2. The first-order chi connectivity index (χ1) is 15.4. The molecule has 9 nitrogen and oxygen atoms in total. The molecule has 0 bridgehead atoms. The first kappa shape index (κ1) is 21.2. The summed E-state index contributed by atoms with van der Waals surface area (Å²) < 4.78 is 10.6. The first-order valence-electron chi connectivity index (χ1n) is 10.2. The zero-order valence-electron chi connectivity index (χ0n) is 17.3. The van der Waals surface area contributed by atoms with E-state index in [2.05, 4.69) is 5.32 Å². The number of nitrogens with zero attached hydrogens (tertiary/aromatic N) is 2. The molecule has 168 valence electrons. The summed E-state index contributed by atoms with van der Waals surface area (Å²) in [5.41, 5.74) is 0.727. The quantitative estimate of drug-likeness (QED) is 0.645. The number of nitrogens with one attached hydrogen (secondary N) is 1. The molecule has 0 aliphatic carbocycles. The normalized spacial score (nSPS) is 27.6. The Morgan fingerprint density at radius 3 is 2.94 bits per heavy atom. The number of fused-ring (bicyclic) bond motifs is 2. The van der Waals surface area contributed by atoms with Crippen molar-refractivity contribution in [2.24, 2.45) is 0 Å². The van der Waals surface area contributed by atoms with Gasteiger partial charge < -0.3 is 19.7 Å². The fourth-order valence-electron chi connectivity index (χ4n) is 4.27. The van der Waals surface area contributed by atoms with Crippen LogP contribution in [0.25, 0.3) is 6.08 Å². The van der Waals surface area contributed by atoms with E-state index in [1.54, 1.807) is 40.9 Å². The highest BCUT2D eigenvalue weighted by Crippen LogP contribution is 2.47. The first-order valence-corrected chi connectivity index (χ1v) is 12.0. The van der Waals surface area contributed by atoms with Crippen LogP contribution in [0.1, 0.15) is 25.3 Å². The highest BCUT2D eigenvalue weighted by atomic mass is 32.2. The number of carbonyl (C=O) groups excluding carboxylic acids is 4. The fourth-order valence-corrected chi connectivity index (χ4v) is 6.57. The molecular formula is C21H21N3O6S2. The van der Waals surface area contributed by atoms with Crippen LogP contribution in [0.5, 0.6) is 11.5 Å². The molecule has 1 aromatic rings.